The molecule has 0 saturated carbocycles. The first-order valence-corrected chi connectivity index (χ1v) is 4.21. The lowest BCUT2D eigenvalue weighted by molar-refractivity contribution is -0.132. The highest BCUT2D eigenvalue weighted by Gasteiger charge is 2.02. The van der Waals surface area contributed by atoms with E-state index in [1.807, 2.05) is 0 Å². The van der Waals surface area contributed by atoms with Crippen molar-refractivity contribution >= 4 is 5.97 Å². The Labute approximate surface area is 76.7 Å². The van der Waals surface area contributed by atoms with Gasteiger partial charge in [-0.15, -0.1) is 0 Å². The Bertz CT molecular complexity index is 238. The van der Waals surface area contributed by atoms with E-state index in [2.05, 4.69) is 16.9 Å². The average molecular weight is 183 g/mol. The summed E-state index contributed by atoms with van der Waals surface area (Å²) in [7, 11) is 0. The molecule has 0 amide bonds. The maximum atomic E-state index is 10.4. The van der Waals surface area contributed by atoms with Gasteiger partial charge in [-0.05, 0) is 18.4 Å². The number of carboxylic acids is 1. The van der Waals surface area contributed by atoms with Crippen LogP contribution >= 0.6 is 0 Å². The molecule has 0 fully saturated rings. The van der Waals surface area contributed by atoms with Crippen LogP contribution in [0.15, 0.2) is 16.9 Å². The van der Waals surface area contributed by atoms with E-state index in [-0.39, 0.29) is 5.70 Å². The number of allylic oxidation sites excluding steroid dienone is 1. The van der Waals surface area contributed by atoms with Gasteiger partial charge in [-0.1, -0.05) is 31.0 Å². The van der Waals surface area contributed by atoms with Crippen LogP contribution in [-0.4, -0.2) is 11.1 Å². The molecule has 0 aromatic carbocycles. The molecule has 0 atom stereocenters. The molecule has 0 radical (unpaired) electrons. The van der Waals surface area contributed by atoms with Gasteiger partial charge >= 0.3 is 5.97 Å². The van der Waals surface area contributed by atoms with Gasteiger partial charge in [0.25, 0.3) is 0 Å². The molecule has 0 rings (SSSR count). The molecule has 0 heterocycles. The summed E-state index contributed by atoms with van der Waals surface area (Å²) in [6.07, 6.45) is 5.16. The van der Waals surface area contributed by atoms with E-state index in [1.165, 1.54) is 6.08 Å². The summed E-state index contributed by atoms with van der Waals surface area (Å²) in [4.78, 5) is 12.9. The zero-order valence-electron chi connectivity index (χ0n) is 7.60. The first-order chi connectivity index (χ1) is 6.22. The molecule has 5 heteroatoms. The molecule has 5 nitrogen and oxygen atoms in total. The maximum absolute atomic E-state index is 10.4. The molecule has 0 aliphatic heterocycles. The van der Waals surface area contributed by atoms with E-state index < -0.39 is 5.97 Å². The van der Waals surface area contributed by atoms with Crippen molar-refractivity contribution < 1.29 is 9.90 Å². The van der Waals surface area contributed by atoms with E-state index in [0.29, 0.717) is 6.42 Å². The predicted molar refractivity (Wildman–Crippen MR) is 49.0 cm³/mol. The Hall–Kier alpha value is -1.48. The molecule has 0 aliphatic rings. The van der Waals surface area contributed by atoms with Gasteiger partial charge in [0.05, 0.1) is 0 Å². The number of nitrogens with zero attached hydrogens (tertiary/aromatic N) is 3. The third-order valence-corrected chi connectivity index (χ3v) is 1.52. The minimum absolute atomic E-state index is 0.210. The smallest absolute Gasteiger partial charge is 0.337 e. The van der Waals surface area contributed by atoms with Crippen molar-refractivity contribution in [1.82, 2.24) is 0 Å². The molecule has 0 spiro atoms. The topological polar surface area (TPSA) is 86.1 Å². The van der Waals surface area contributed by atoms with Crippen molar-refractivity contribution in [3.05, 3.63) is 22.2 Å². The Morgan fingerprint density at radius 3 is 2.77 bits per heavy atom. The predicted octanol–water partition coefficient (Wildman–Crippen LogP) is 2.85. The van der Waals surface area contributed by atoms with Crippen molar-refractivity contribution in [1.29, 1.82) is 0 Å². The summed E-state index contributed by atoms with van der Waals surface area (Å²) in [5, 5.41) is 11.6. The normalized spacial score (nSPS) is 10.7. The van der Waals surface area contributed by atoms with Gasteiger partial charge in [0.1, 0.15) is 5.70 Å². The summed E-state index contributed by atoms with van der Waals surface area (Å²) < 4.78 is 0. The maximum Gasteiger partial charge on any atom is 0.337 e. The van der Waals surface area contributed by atoms with Crippen molar-refractivity contribution in [3.8, 4) is 0 Å². The highest BCUT2D eigenvalue weighted by atomic mass is 16.4. The van der Waals surface area contributed by atoms with Gasteiger partial charge in [0.15, 0.2) is 0 Å². The van der Waals surface area contributed by atoms with Crippen molar-refractivity contribution in [2.75, 3.05) is 0 Å². The molecule has 13 heavy (non-hydrogen) atoms. The highest BCUT2D eigenvalue weighted by molar-refractivity contribution is 5.85. The van der Waals surface area contributed by atoms with Crippen LogP contribution < -0.4 is 0 Å². The monoisotopic (exact) mass is 183 g/mol. The third kappa shape index (κ3) is 5.75. The number of rotatable bonds is 6. The second kappa shape index (κ2) is 7.18. The van der Waals surface area contributed by atoms with E-state index in [4.69, 9.17) is 10.6 Å². The molecule has 0 unspecified atom stereocenters. The highest BCUT2D eigenvalue weighted by Crippen LogP contribution is 2.05. The Balaban J connectivity index is 4.05. The summed E-state index contributed by atoms with van der Waals surface area (Å²) in [6.45, 7) is 2.06. The second-order valence-corrected chi connectivity index (χ2v) is 2.58. The van der Waals surface area contributed by atoms with Crippen LogP contribution in [0.3, 0.4) is 0 Å². The van der Waals surface area contributed by atoms with Crippen LogP contribution in [0, 0.1) is 0 Å². The number of aliphatic carboxylic acids is 1. The fourth-order valence-corrected chi connectivity index (χ4v) is 0.852. The molecule has 1 N–H and O–H groups in total. The minimum atomic E-state index is -1.17. The molecule has 0 aliphatic carbocycles. The lowest BCUT2D eigenvalue weighted by Gasteiger charge is -1.93. The summed E-state index contributed by atoms with van der Waals surface area (Å²) in [5.41, 5.74) is 7.83. The van der Waals surface area contributed by atoms with E-state index in [0.717, 1.165) is 19.3 Å². The van der Waals surface area contributed by atoms with Gasteiger partial charge in [0, 0.05) is 4.91 Å². The largest absolute Gasteiger partial charge is 0.478 e. The molecule has 72 valence electrons. The quantitative estimate of drug-likeness (QED) is 0.225. The zero-order chi connectivity index (χ0) is 10.1. The third-order valence-electron chi connectivity index (χ3n) is 1.52. The minimum Gasteiger partial charge on any atom is -0.478 e. The van der Waals surface area contributed by atoms with E-state index in [9.17, 15) is 4.79 Å². The van der Waals surface area contributed by atoms with Crippen molar-refractivity contribution in [3.63, 3.8) is 0 Å². The first-order valence-electron chi connectivity index (χ1n) is 4.21. The van der Waals surface area contributed by atoms with Crippen LogP contribution in [0.2, 0.25) is 0 Å². The van der Waals surface area contributed by atoms with Crippen LogP contribution in [0.25, 0.3) is 10.4 Å². The zero-order valence-corrected chi connectivity index (χ0v) is 7.60. The van der Waals surface area contributed by atoms with Gasteiger partial charge in [-0.25, -0.2) is 4.79 Å². The number of azide groups is 1. The Morgan fingerprint density at radius 2 is 2.31 bits per heavy atom. The van der Waals surface area contributed by atoms with Crippen LogP contribution in [0.4, 0.5) is 0 Å². The Morgan fingerprint density at radius 1 is 1.62 bits per heavy atom. The van der Waals surface area contributed by atoms with Gasteiger partial charge in [0.2, 0.25) is 0 Å². The number of carbonyl (C=O) groups is 1. The van der Waals surface area contributed by atoms with E-state index >= 15 is 0 Å². The average Bonchev–Trinajstić information content (AvgIpc) is 2.10. The summed E-state index contributed by atoms with van der Waals surface area (Å²) >= 11 is 0. The van der Waals surface area contributed by atoms with Crippen molar-refractivity contribution in [2.24, 2.45) is 5.11 Å². The molecular weight excluding hydrogens is 170 g/mol. The van der Waals surface area contributed by atoms with Gasteiger partial charge in [-0.3, -0.25) is 0 Å². The standard InChI is InChI=1S/C8H13N3O2/c1-2-3-4-5-6-7(8(12)13)10-11-9/h6H,2-5H2,1H3,(H,12,13). The SMILES string of the molecule is CCCCCC=C(N=[N+]=[N-])C(=O)O. The number of hydrogen-bond donors (Lipinski definition) is 1. The van der Waals surface area contributed by atoms with Crippen LogP contribution in [0.5, 0.6) is 0 Å². The van der Waals surface area contributed by atoms with Crippen molar-refractivity contribution in [2.45, 2.75) is 32.6 Å². The first kappa shape index (κ1) is 11.5. The fraction of sp³-hybridized carbons (Fsp3) is 0.625. The molecule has 0 saturated heterocycles. The van der Waals surface area contributed by atoms with Gasteiger partial charge in [-0.2, -0.15) is 0 Å². The van der Waals surface area contributed by atoms with Crippen LogP contribution in [0.1, 0.15) is 32.6 Å². The Kier molecular flexibility index (Phi) is 6.37. The van der Waals surface area contributed by atoms with Crippen LogP contribution in [-0.2, 0) is 4.79 Å². The molecule has 0 aromatic rings. The fourth-order valence-electron chi connectivity index (χ4n) is 0.852. The number of carboxylic acid groups (broad SMARTS) is 1. The lowest BCUT2D eigenvalue weighted by Crippen LogP contribution is -1.96. The number of unbranched alkanes of at least 4 members (excludes halogenated alkanes) is 3. The lowest BCUT2D eigenvalue weighted by atomic mass is 10.2. The summed E-state index contributed by atoms with van der Waals surface area (Å²) in [6, 6.07) is 0. The second-order valence-electron chi connectivity index (χ2n) is 2.58. The molecule has 0 bridgehead atoms. The van der Waals surface area contributed by atoms with Gasteiger partial charge < -0.3 is 5.11 Å². The molecular formula is C8H13N3O2. The summed E-state index contributed by atoms with van der Waals surface area (Å²) in [5.74, 6) is -1.17. The molecule has 0 aromatic heterocycles. The van der Waals surface area contributed by atoms with E-state index in [1.54, 1.807) is 0 Å². The number of hydrogen-bond acceptors (Lipinski definition) is 2.